The molecule has 0 saturated heterocycles. The molecule has 20 heavy (non-hydrogen) atoms. The van der Waals surface area contributed by atoms with Crippen molar-refractivity contribution in [3.8, 4) is 5.69 Å². The van der Waals surface area contributed by atoms with Crippen molar-refractivity contribution in [2.75, 3.05) is 6.61 Å². The number of hydrogen-bond donors (Lipinski definition) is 2. The third kappa shape index (κ3) is 2.88. The van der Waals surface area contributed by atoms with Crippen molar-refractivity contribution in [3.63, 3.8) is 0 Å². The summed E-state index contributed by atoms with van der Waals surface area (Å²) in [7, 11) is 0. The molecule has 1 aromatic carbocycles. The van der Waals surface area contributed by atoms with Gasteiger partial charge in [0.1, 0.15) is 0 Å². The van der Waals surface area contributed by atoms with Gasteiger partial charge in [-0.15, -0.1) is 0 Å². The Balaban J connectivity index is 2.47. The number of aryl methyl sites for hydroxylation is 1. The van der Waals surface area contributed by atoms with Gasteiger partial charge in [-0.3, -0.25) is 0 Å². The lowest BCUT2D eigenvalue weighted by Crippen LogP contribution is -2.04. The van der Waals surface area contributed by atoms with E-state index >= 15 is 0 Å². The number of aliphatic hydroxyl groups excluding tert-OH is 1. The molecular weight excluding hydrogens is 256 g/mol. The van der Waals surface area contributed by atoms with Crippen LogP contribution in [0.1, 0.15) is 35.0 Å². The molecule has 1 heterocycles. The predicted molar refractivity (Wildman–Crippen MR) is 75.3 cm³/mol. The number of carboxylic acids is 1. The smallest absolute Gasteiger partial charge is 0.356 e. The molecule has 5 nitrogen and oxygen atoms in total. The number of carboxylic acid groups (broad SMARTS) is 1. The van der Waals surface area contributed by atoms with Crippen LogP contribution >= 0.6 is 0 Å². The van der Waals surface area contributed by atoms with E-state index in [1.807, 2.05) is 24.3 Å². The van der Waals surface area contributed by atoms with Crippen LogP contribution in [0.3, 0.4) is 0 Å². The van der Waals surface area contributed by atoms with Gasteiger partial charge < -0.3 is 10.2 Å². The molecule has 0 saturated carbocycles. The van der Waals surface area contributed by atoms with E-state index in [-0.39, 0.29) is 18.7 Å². The van der Waals surface area contributed by atoms with Crippen molar-refractivity contribution in [1.82, 2.24) is 9.78 Å². The molecule has 0 aliphatic heterocycles. The van der Waals surface area contributed by atoms with Crippen molar-refractivity contribution in [3.05, 3.63) is 47.3 Å². The standard InChI is InChI=1S/C15H18N2O3/c1-2-5-11-6-3-4-7-13(11)17-10-12(8-9-18)14(16-17)15(19)20/h3-4,6-7,10,18H,2,5,8-9H2,1H3,(H,19,20). The first-order chi connectivity index (χ1) is 9.67. The highest BCUT2D eigenvalue weighted by Crippen LogP contribution is 2.18. The highest BCUT2D eigenvalue weighted by atomic mass is 16.4. The Labute approximate surface area is 117 Å². The number of nitrogens with zero attached hydrogens (tertiary/aromatic N) is 2. The second-order valence-electron chi connectivity index (χ2n) is 4.60. The summed E-state index contributed by atoms with van der Waals surface area (Å²) in [5, 5.41) is 22.3. The average molecular weight is 274 g/mol. The minimum Gasteiger partial charge on any atom is -0.476 e. The van der Waals surface area contributed by atoms with Crippen LogP contribution in [0.5, 0.6) is 0 Å². The van der Waals surface area contributed by atoms with Crippen LogP contribution in [0.15, 0.2) is 30.5 Å². The first-order valence-corrected chi connectivity index (χ1v) is 6.68. The molecule has 2 N–H and O–H groups in total. The van der Waals surface area contributed by atoms with Gasteiger partial charge in [0.2, 0.25) is 0 Å². The van der Waals surface area contributed by atoms with Gasteiger partial charge in [0, 0.05) is 18.4 Å². The van der Waals surface area contributed by atoms with E-state index in [0.29, 0.717) is 5.56 Å². The summed E-state index contributed by atoms with van der Waals surface area (Å²) in [5.74, 6) is -1.07. The molecule has 2 rings (SSSR count). The summed E-state index contributed by atoms with van der Waals surface area (Å²) in [6.45, 7) is 2.00. The van der Waals surface area contributed by atoms with Gasteiger partial charge in [0.05, 0.1) is 5.69 Å². The number of benzene rings is 1. The molecule has 106 valence electrons. The Morgan fingerprint density at radius 1 is 1.25 bits per heavy atom. The van der Waals surface area contributed by atoms with Gasteiger partial charge >= 0.3 is 5.97 Å². The zero-order valence-electron chi connectivity index (χ0n) is 11.4. The quantitative estimate of drug-likeness (QED) is 0.845. The van der Waals surface area contributed by atoms with Crippen LogP contribution in [0, 0.1) is 0 Å². The minimum atomic E-state index is -1.07. The Bertz CT molecular complexity index is 605. The largest absolute Gasteiger partial charge is 0.476 e. The molecule has 0 atom stereocenters. The van der Waals surface area contributed by atoms with Crippen molar-refractivity contribution >= 4 is 5.97 Å². The number of aliphatic hydroxyl groups is 1. The number of para-hydroxylation sites is 1. The molecular formula is C15H18N2O3. The summed E-state index contributed by atoms with van der Waals surface area (Å²) < 4.78 is 1.60. The fraction of sp³-hybridized carbons (Fsp3) is 0.333. The molecule has 0 aliphatic carbocycles. The van der Waals surface area contributed by atoms with Crippen molar-refractivity contribution in [2.24, 2.45) is 0 Å². The maximum Gasteiger partial charge on any atom is 0.356 e. The van der Waals surface area contributed by atoms with E-state index < -0.39 is 5.97 Å². The van der Waals surface area contributed by atoms with Crippen LogP contribution in [-0.4, -0.2) is 32.6 Å². The topological polar surface area (TPSA) is 75.4 Å². The van der Waals surface area contributed by atoms with Crippen molar-refractivity contribution < 1.29 is 15.0 Å². The molecule has 5 heteroatoms. The maximum atomic E-state index is 11.2. The molecule has 0 amide bonds. The summed E-state index contributed by atoms with van der Waals surface area (Å²) in [5.41, 5.74) is 2.57. The lowest BCUT2D eigenvalue weighted by molar-refractivity contribution is 0.0688. The van der Waals surface area contributed by atoms with Gasteiger partial charge in [-0.05, 0) is 24.5 Å². The van der Waals surface area contributed by atoms with Crippen LogP contribution < -0.4 is 0 Å². The summed E-state index contributed by atoms with van der Waals surface area (Å²) in [6.07, 6.45) is 3.90. The first kappa shape index (κ1) is 14.3. The van der Waals surface area contributed by atoms with Crippen LogP contribution in [0.25, 0.3) is 5.69 Å². The predicted octanol–water partition coefficient (Wildman–Crippen LogP) is 2.06. The zero-order chi connectivity index (χ0) is 14.5. The lowest BCUT2D eigenvalue weighted by Gasteiger charge is -2.08. The van der Waals surface area contributed by atoms with E-state index in [4.69, 9.17) is 10.2 Å². The highest BCUT2D eigenvalue weighted by molar-refractivity contribution is 5.87. The van der Waals surface area contributed by atoms with Gasteiger partial charge in [-0.25, -0.2) is 9.48 Å². The summed E-state index contributed by atoms with van der Waals surface area (Å²) in [6, 6.07) is 7.81. The monoisotopic (exact) mass is 274 g/mol. The normalized spacial score (nSPS) is 10.7. The van der Waals surface area contributed by atoms with Gasteiger partial charge in [-0.2, -0.15) is 5.10 Å². The highest BCUT2D eigenvalue weighted by Gasteiger charge is 2.16. The molecule has 0 unspecified atom stereocenters. The van der Waals surface area contributed by atoms with Crippen molar-refractivity contribution in [2.45, 2.75) is 26.2 Å². The van der Waals surface area contributed by atoms with Crippen molar-refractivity contribution in [1.29, 1.82) is 0 Å². The van der Waals surface area contributed by atoms with Gasteiger partial charge in [0.15, 0.2) is 5.69 Å². The molecule has 0 fully saturated rings. The molecule has 0 radical (unpaired) electrons. The maximum absolute atomic E-state index is 11.2. The SMILES string of the molecule is CCCc1ccccc1-n1cc(CCO)c(C(=O)O)n1. The Morgan fingerprint density at radius 2 is 2.00 bits per heavy atom. The Hall–Kier alpha value is -2.14. The van der Waals surface area contributed by atoms with Crippen LogP contribution in [-0.2, 0) is 12.8 Å². The number of carbonyl (C=O) groups is 1. The lowest BCUT2D eigenvalue weighted by atomic mass is 10.1. The molecule has 0 aliphatic rings. The van der Waals surface area contributed by atoms with Gasteiger partial charge in [-0.1, -0.05) is 31.5 Å². The summed E-state index contributed by atoms with van der Waals surface area (Å²) in [4.78, 5) is 11.2. The third-order valence-electron chi connectivity index (χ3n) is 3.13. The van der Waals surface area contributed by atoms with E-state index in [1.165, 1.54) is 0 Å². The second-order valence-corrected chi connectivity index (χ2v) is 4.60. The fourth-order valence-electron chi connectivity index (χ4n) is 2.23. The third-order valence-corrected chi connectivity index (χ3v) is 3.13. The minimum absolute atomic E-state index is 0.00496. The number of hydrogen-bond acceptors (Lipinski definition) is 3. The van der Waals surface area contributed by atoms with E-state index in [9.17, 15) is 4.79 Å². The Morgan fingerprint density at radius 3 is 2.65 bits per heavy atom. The Kier molecular flexibility index (Phi) is 4.53. The molecule has 0 spiro atoms. The van der Waals surface area contributed by atoms with Crippen LogP contribution in [0.2, 0.25) is 0 Å². The number of rotatable bonds is 6. The second kappa shape index (κ2) is 6.34. The van der Waals surface area contributed by atoms with Gasteiger partial charge in [0.25, 0.3) is 0 Å². The van der Waals surface area contributed by atoms with E-state index in [0.717, 1.165) is 24.1 Å². The first-order valence-electron chi connectivity index (χ1n) is 6.68. The molecule has 0 bridgehead atoms. The summed E-state index contributed by atoms with van der Waals surface area (Å²) >= 11 is 0. The molecule has 1 aromatic heterocycles. The zero-order valence-corrected chi connectivity index (χ0v) is 11.4. The fourth-order valence-corrected chi connectivity index (χ4v) is 2.23. The average Bonchev–Trinajstić information content (AvgIpc) is 2.84. The van der Waals surface area contributed by atoms with E-state index in [2.05, 4.69) is 12.0 Å². The number of aromatic nitrogens is 2. The number of aromatic carboxylic acids is 1. The van der Waals surface area contributed by atoms with Crippen LogP contribution in [0.4, 0.5) is 0 Å². The van der Waals surface area contributed by atoms with E-state index in [1.54, 1.807) is 10.9 Å². The molecule has 2 aromatic rings.